The third-order valence-corrected chi connectivity index (χ3v) is 2.38. The van der Waals surface area contributed by atoms with Crippen LogP contribution in [0.25, 0.3) is 17.0 Å². The van der Waals surface area contributed by atoms with Crippen molar-refractivity contribution in [2.75, 3.05) is 19.5 Å². The van der Waals surface area contributed by atoms with Crippen LogP contribution >= 0.6 is 0 Å². The molecule has 0 aliphatic carbocycles. The number of aromatic amines is 1. The molecule has 0 unspecified atom stereocenters. The van der Waals surface area contributed by atoms with Crippen LogP contribution in [0.1, 0.15) is 5.56 Å². The van der Waals surface area contributed by atoms with Crippen molar-refractivity contribution < 1.29 is 4.74 Å². The second kappa shape index (κ2) is 4.80. The van der Waals surface area contributed by atoms with Crippen molar-refractivity contribution in [2.24, 2.45) is 0 Å². The van der Waals surface area contributed by atoms with Gasteiger partial charge in [-0.25, -0.2) is 4.79 Å². The molecule has 0 radical (unpaired) electrons. The summed E-state index contributed by atoms with van der Waals surface area (Å²) in [4.78, 5) is 17.5. The molecule has 2 rings (SSSR count). The molecule has 0 aliphatic rings. The Balaban J connectivity index is 2.60. The van der Waals surface area contributed by atoms with E-state index in [-0.39, 0.29) is 5.82 Å². The maximum atomic E-state index is 11.2. The SMILES string of the molecule is COCC=Cc1cccc2[nH]c(=O)nc(N)c12. The summed E-state index contributed by atoms with van der Waals surface area (Å²) >= 11 is 0. The van der Waals surface area contributed by atoms with Crippen molar-refractivity contribution in [3.8, 4) is 0 Å². The van der Waals surface area contributed by atoms with Crippen LogP contribution in [0.15, 0.2) is 29.1 Å². The van der Waals surface area contributed by atoms with Crippen LogP contribution in [-0.2, 0) is 4.74 Å². The van der Waals surface area contributed by atoms with Gasteiger partial charge >= 0.3 is 5.69 Å². The molecule has 0 saturated heterocycles. The number of fused-ring (bicyclic) bond motifs is 1. The number of aromatic nitrogens is 2. The van der Waals surface area contributed by atoms with Gasteiger partial charge in [0.05, 0.1) is 12.1 Å². The average molecular weight is 231 g/mol. The number of H-pyrrole nitrogens is 1. The molecule has 88 valence electrons. The van der Waals surface area contributed by atoms with Gasteiger partial charge in [0.1, 0.15) is 5.82 Å². The van der Waals surface area contributed by atoms with Crippen LogP contribution < -0.4 is 11.4 Å². The third kappa shape index (κ3) is 2.34. The topological polar surface area (TPSA) is 81.0 Å². The molecule has 17 heavy (non-hydrogen) atoms. The number of methoxy groups -OCH3 is 1. The Morgan fingerprint density at radius 2 is 2.35 bits per heavy atom. The zero-order chi connectivity index (χ0) is 12.3. The number of hydrogen-bond donors (Lipinski definition) is 2. The van der Waals surface area contributed by atoms with Gasteiger partial charge in [0, 0.05) is 12.5 Å². The Morgan fingerprint density at radius 3 is 3.12 bits per heavy atom. The summed E-state index contributed by atoms with van der Waals surface area (Å²) < 4.78 is 4.93. The highest BCUT2D eigenvalue weighted by molar-refractivity contribution is 5.95. The molecule has 0 saturated carbocycles. The number of benzene rings is 1. The van der Waals surface area contributed by atoms with E-state index in [9.17, 15) is 4.79 Å². The van der Waals surface area contributed by atoms with E-state index in [0.717, 1.165) is 10.9 Å². The quantitative estimate of drug-likeness (QED) is 0.830. The number of rotatable bonds is 3. The highest BCUT2D eigenvalue weighted by atomic mass is 16.5. The Labute approximate surface area is 97.9 Å². The first-order valence-corrected chi connectivity index (χ1v) is 5.16. The van der Waals surface area contributed by atoms with Crippen LogP contribution in [0.5, 0.6) is 0 Å². The molecule has 0 spiro atoms. The summed E-state index contributed by atoms with van der Waals surface area (Å²) in [5.41, 5.74) is 6.91. The zero-order valence-corrected chi connectivity index (χ0v) is 9.43. The first kappa shape index (κ1) is 11.3. The van der Waals surface area contributed by atoms with Gasteiger partial charge in [0.2, 0.25) is 0 Å². The van der Waals surface area contributed by atoms with E-state index in [0.29, 0.717) is 12.1 Å². The van der Waals surface area contributed by atoms with Crippen molar-refractivity contribution in [3.63, 3.8) is 0 Å². The van der Waals surface area contributed by atoms with E-state index in [1.807, 2.05) is 24.3 Å². The molecular formula is C12H13N3O2. The Bertz CT molecular complexity index is 617. The number of ether oxygens (including phenoxy) is 1. The molecule has 2 aromatic rings. The molecule has 0 bridgehead atoms. The van der Waals surface area contributed by atoms with E-state index in [4.69, 9.17) is 10.5 Å². The minimum absolute atomic E-state index is 0.237. The summed E-state index contributed by atoms with van der Waals surface area (Å²) in [7, 11) is 1.63. The molecule has 1 aromatic carbocycles. The van der Waals surface area contributed by atoms with Crippen molar-refractivity contribution in [3.05, 3.63) is 40.3 Å². The van der Waals surface area contributed by atoms with Crippen LogP contribution in [-0.4, -0.2) is 23.7 Å². The standard InChI is InChI=1S/C12H13N3O2/c1-17-7-3-5-8-4-2-6-9-10(8)11(13)15-12(16)14-9/h2-6H,7H2,1H3,(H3,13,14,15,16). The molecular weight excluding hydrogens is 218 g/mol. The summed E-state index contributed by atoms with van der Waals surface area (Å²) in [6.45, 7) is 0.521. The monoisotopic (exact) mass is 231 g/mol. The number of nitrogens with zero attached hydrogens (tertiary/aromatic N) is 1. The van der Waals surface area contributed by atoms with Crippen molar-refractivity contribution in [1.82, 2.24) is 9.97 Å². The lowest BCUT2D eigenvalue weighted by molar-refractivity contribution is 0.234. The van der Waals surface area contributed by atoms with Crippen molar-refractivity contribution in [2.45, 2.75) is 0 Å². The largest absolute Gasteiger partial charge is 0.383 e. The lowest BCUT2D eigenvalue weighted by Gasteiger charge is -2.04. The molecule has 5 nitrogen and oxygen atoms in total. The number of nitrogen functional groups attached to an aromatic ring is 1. The second-order valence-corrected chi connectivity index (χ2v) is 3.55. The number of anilines is 1. The van der Waals surface area contributed by atoms with Gasteiger partial charge in [0.15, 0.2) is 0 Å². The van der Waals surface area contributed by atoms with Crippen LogP contribution in [0.4, 0.5) is 5.82 Å². The fourth-order valence-corrected chi connectivity index (χ4v) is 1.68. The summed E-state index contributed by atoms with van der Waals surface area (Å²) in [6.07, 6.45) is 3.77. The lowest BCUT2D eigenvalue weighted by atomic mass is 10.1. The lowest BCUT2D eigenvalue weighted by Crippen LogP contribution is -2.12. The molecule has 0 fully saturated rings. The van der Waals surface area contributed by atoms with Gasteiger partial charge in [-0.15, -0.1) is 0 Å². The Morgan fingerprint density at radius 1 is 1.53 bits per heavy atom. The molecule has 0 amide bonds. The molecule has 1 heterocycles. The van der Waals surface area contributed by atoms with Crippen LogP contribution in [0.3, 0.4) is 0 Å². The second-order valence-electron chi connectivity index (χ2n) is 3.55. The third-order valence-electron chi connectivity index (χ3n) is 2.38. The fourth-order valence-electron chi connectivity index (χ4n) is 1.68. The highest BCUT2D eigenvalue weighted by Gasteiger charge is 2.04. The summed E-state index contributed by atoms with van der Waals surface area (Å²) in [5, 5.41) is 0.749. The predicted molar refractivity (Wildman–Crippen MR) is 67.7 cm³/mol. The first-order chi connectivity index (χ1) is 8.22. The first-order valence-electron chi connectivity index (χ1n) is 5.16. The van der Waals surface area contributed by atoms with Crippen molar-refractivity contribution >= 4 is 22.8 Å². The Hall–Kier alpha value is -2.14. The van der Waals surface area contributed by atoms with Gasteiger partial charge < -0.3 is 15.5 Å². The molecule has 5 heteroatoms. The maximum Gasteiger partial charge on any atom is 0.347 e. The van der Waals surface area contributed by atoms with E-state index in [1.54, 1.807) is 13.2 Å². The normalized spacial score (nSPS) is 11.4. The summed E-state index contributed by atoms with van der Waals surface area (Å²) in [6, 6.07) is 5.55. The number of hydrogen-bond acceptors (Lipinski definition) is 4. The van der Waals surface area contributed by atoms with Crippen LogP contribution in [0.2, 0.25) is 0 Å². The number of nitrogens with two attached hydrogens (primary N) is 1. The minimum Gasteiger partial charge on any atom is -0.383 e. The van der Waals surface area contributed by atoms with Gasteiger partial charge in [-0.2, -0.15) is 4.98 Å². The average Bonchev–Trinajstić information content (AvgIpc) is 2.28. The maximum absolute atomic E-state index is 11.2. The van der Waals surface area contributed by atoms with E-state index in [1.165, 1.54) is 0 Å². The predicted octanol–water partition coefficient (Wildman–Crippen LogP) is 1.16. The van der Waals surface area contributed by atoms with Gasteiger partial charge in [-0.3, -0.25) is 0 Å². The van der Waals surface area contributed by atoms with E-state index < -0.39 is 5.69 Å². The van der Waals surface area contributed by atoms with Crippen molar-refractivity contribution in [1.29, 1.82) is 0 Å². The molecule has 0 atom stereocenters. The fraction of sp³-hybridized carbons (Fsp3) is 0.167. The number of nitrogens with one attached hydrogen (secondary N) is 1. The highest BCUT2D eigenvalue weighted by Crippen LogP contribution is 2.21. The minimum atomic E-state index is -0.437. The molecule has 0 aliphatic heterocycles. The molecule has 1 aromatic heterocycles. The van der Waals surface area contributed by atoms with Gasteiger partial charge in [-0.05, 0) is 11.6 Å². The smallest absolute Gasteiger partial charge is 0.347 e. The van der Waals surface area contributed by atoms with Gasteiger partial charge in [0.25, 0.3) is 0 Å². The van der Waals surface area contributed by atoms with E-state index >= 15 is 0 Å². The Kier molecular flexibility index (Phi) is 3.20. The summed E-state index contributed by atoms with van der Waals surface area (Å²) in [5.74, 6) is 0.237. The zero-order valence-electron chi connectivity index (χ0n) is 9.43. The van der Waals surface area contributed by atoms with Crippen LogP contribution in [0, 0.1) is 0 Å². The van der Waals surface area contributed by atoms with E-state index in [2.05, 4.69) is 9.97 Å². The molecule has 3 N–H and O–H groups in total. The van der Waals surface area contributed by atoms with Gasteiger partial charge in [-0.1, -0.05) is 24.3 Å².